The summed E-state index contributed by atoms with van der Waals surface area (Å²) in [6, 6.07) is 9.04. The van der Waals surface area contributed by atoms with Gasteiger partial charge in [0.15, 0.2) is 0 Å². The average Bonchev–Trinajstić information content (AvgIpc) is 2.54. The van der Waals surface area contributed by atoms with Crippen LogP contribution in [0.25, 0.3) is 0 Å². The van der Waals surface area contributed by atoms with E-state index in [9.17, 15) is 27.2 Å². The Morgan fingerprint density at radius 1 is 1.00 bits per heavy atom. The highest BCUT2D eigenvalue weighted by Crippen LogP contribution is 2.22. The van der Waals surface area contributed by atoms with Gasteiger partial charge in [0.1, 0.15) is 12.4 Å². The van der Waals surface area contributed by atoms with E-state index in [0.29, 0.717) is 4.47 Å². The summed E-state index contributed by atoms with van der Waals surface area (Å²) in [5, 5.41) is 4.12. The van der Waals surface area contributed by atoms with Crippen molar-refractivity contribution in [3.05, 3.63) is 63.9 Å². The predicted octanol–water partition coefficient (Wildman–Crippen LogP) is 4.13. The summed E-state index contributed by atoms with van der Waals surface area (Å²) < 4.78 is 50.3. The van der Waals surface area contributed by atoms with E-state index in [0.717, 1.165) is 12.1 Å². The third-order valence-electron chi connectivity index (χ3n) is 3.04. The smallest absolute Gasteiger partial charge is 0.343 e. The van der Waals surface area contributed by atoms with Gasteiger partial charge >= 0.3 is 6.18 Å². The van der Waals surface area contributed by atoms with Crippen LogP contribution in [0.5, 0.6) is 0 Å². The zero-order valence-electron chi connectivity index (χ0n) is 12.5. The van der Waals surface area contributed by atoms with Gasteiger partial charge in [-0.3, -0.25) is 9.59 Å². The van der Waals surface area contributed by atoms with Gasteiger partial charge in [0.25, 0.3) is 11.8 Å². The second kappa shape index (κ2) is 7.64. The number of para-hydroxylation sites is 1. The Morgan fingerprint density at radius 2 is 1.68 bits per heavy atom. The van der Waals surface area contributed by atoms with Gasteiger partial charge in [-0.25, -0.2) is 4.39 Å². The normalized spacial score (nSPS) is 11.1. The van der Waals surface area contributed by atoms with Gasteiger partial charge in [-0.2, -0.15) is 13.2 Å². The second-order valence-electron chi connectivity index (χ2n) is 4.92. The number of rotatable bonds is 4. The molecule has 0 aliphatic rings. The van der Waals surface area contributed by atoms with Crippen molar-refractivity contribution in [3.63, 3.8) is 0 Å². The quantitative estimate of drug-likeness (QED) is 0.733. The molecular formula is C16H11BrF4N2O2. The standard InChI is InChI=1S/C16H11BrF4N2O2/c17-12-6-5-9(18)7-11(12)15(25)23-13-4-2-1-3-10(13)14(24)22-8-16(19,20)21/h1-7H,8H2,(H,22,24)(H,23,25). The maximum Gasteiger partial charge on any atom is 0.405 e. The van der Waals surface area contributed by atoms with Crippen molar-refractivity contribution in [3.8, 4) is 0 Å². The molecule has 25 heavy (non-hydrogen) atoms. The van der Waals surface area contributed by atoms with Crippen LogP contribution in [0.15, 0.2) is 46.9 Å². The van der Waals surface area contributed by atoms with Crippen molar-refractivity contribution >= 4 is 33.4 Å². The van der Waals surface area contributed by atoms with Crippen LogP contribution in [0.4, 0.5) is 23.2 Å². The molecular weight excluding hydrogens is 408 g/mol. The molecule has 2 amide bonds. The molecule has 2 rings (SSSR count). The van der Waals surface area contributed by atoms with Crippen LogP contribution in [0.2, 0.25) is 0 Å². The van der Waals surface area contributed by atoms with Gasteiger partial charge in [0.2, 0.25) is 0 Å². The zero-order chi connectivity index (χ0) is 18.6. The molecule has 2 aromatic carbocycles. The van der Waals surface area contributed by atoms with Gasteiger partial charge < -0.3 is 10.6 Å². The molecule has 0 aromatic heterocycles. The Hall–Kier alpha value is -2.42. The van der Waals surface area contributed by atoms with Crippen LogP contribution in [0, 0.1) is 5.82 Å². The van der Waals surface area contributed by atoms with Crippen molar-refractivity contribution in [1.82, 2.24) is 5.32 Å². The van der Waals surface area contributed by atoms with Crippen molar-refractivity contribution in [2.75, 3.05) is 11.9 Å². The number of anilines is 1. The highest BCUT2D eigenvalue weighted by atomic mass is 79.9. The number of alkyl halides is 3. The highest BCUT2D eigenvalue weighted by Gasteiger charge is 2.28. The topological polar surface area (TPSA) is 58.2 Å². The number of carbonyl (C=O) groups is 2. The van der Waals surface area contributed by atoms with Crippen molar-refractivity contribution in [1.29, 1.82) is 0 Å². The lowest BCUT2D eigenvalue weighted by molar-refractivity contribution is -0.123. The minimum Gasteiger partial charge on any atom is -0.343 e. The molecule has 0 heterocycles. The molecule has 0 aliphatic heterocycles. The maximum absolute atomic E-state index is 13.3. The average molecular weight is 419 g/mol. The number of benzene rings is 2. The molecule has 0 aliphatic carbocycles. The molecule has 0 unspecified atom stereocenters. The molecule has 0 bridgehead atoms. The fraction of sp³-hybridized carbons (Fsp3) is 0.125. The van der Waals surface area contributed by atoms with E-state index < -0.39 is 30.4 Å². The highest BCUT2D eigenvalue weighted by molar-refractivity contribution is 9.10. The van der Waals surface area contributed by atoms with Gasteiger partial charge in [0.05, 0.1) is 16.8 Å². The summed E-state index contributed by atoms with van der Waals surface area (Å²) in [4.78, 5) is 24.2. The molecule has 4 nitrogen and oxygen atoms in total. The van der Waals surface area contributed by atoms with Crippen LogP contribution < -0.4 is 10.6 Å². The molecule has 0 radical (unpaired) electrons. The summed E-state index contributed by atoms with van der Waals surface area (Å²) in [5.74, 6) is -2.35. The Bertz CT molecular complexity index is 809. The Kier molecular flexibility index (Phi) is 5.78. The first kappa shape index (κ1) is 18.9. The minimum absolute atomic E-state index is 0.00309. The molecule has 2 aromatic rings. The van der Waals surface area contributed by atoms with Crippen LogP contribution >= 0.6 is 15.9 Å². The molecule has 0 atom stereocenters. The third kappa shape index (κ3) is 5.28. The van der Waals surface area contributed by atoms with E-state index in [4.69, 9.17) is 0 Å². The van der Waals surface area contributed by atoms with Crippen LogP contribution in [-0.2, 0) is 0 Å². The number of halogens is 5. The van der Waals surface area contributed by atoms with Crippen LogP contribution in [0.3, 0.4) is 0 Å². The lowest BCUT2D eigenvalue weighted by Gasteiger charge is -2.13. The maximum atomic E-state index is 13.3. The van der Waals surface area contributed by atoms with E-state index in [2.05, 4.69) is 21.2 Å². The monoisotopic (exact) mass is 418 g/mol. The zero-order valence-corrected chi connectivity index (χ0v) is 14.0. The summed E-state index contributed by atoms with van der Waals surface area (Å²) >= 11 is 3.11. The molecule has 0 saturated carbocycles. The molecule has 0 spiro atoms. The SMILES string of the molecule is O=C(Nc1ccccc1C(=O)NCC(F)(F)F)c1cc(F)ccc1Br. The number of amides is 2. The van der Waals surface area contributed by atoms with Crippen molar-refractivity contribution in [2.45, 2.75) is 6.18 Å². The summed E-state index contributed by atoms with van der Waals surface area (Å²) in [6.45, 7) is -1.50. The van der Waals surface area contributed by atoms with E-state index >= 15 is 0 Å². The number of nitrogens with one attached hydrogen (secondary N) is 2. The Morgan fingerprint density at radius 3 is 2.36 bits per heavy atom. The number of hydrogen-bond acceptors (Lipinski definition) is 2. The first-order chi connectivity index (χ1) is 11.7. The van der Waals surface area contributed by atoms with Gasteiger partial charge in [0, 0.05) is 4.47 Å². The predicted molar refractivity (Wildman–Crippen MR) is 86.9 cm³/mol. The van der Waals surface area contributed by atoms with E-state index in [1.54, 1.807) is 5.32 Å². The first-order valence-corrected chi connectivity index (χ1v) is 7.67. The number of hydrogen-bond donors (Lipinski definition) is 2. The molecule has 0 fully saturated rings. The largest absolute Gasteiger partial charge is 0.405 e. The third-order valence-corrected chi connectivity index (χ3v) is 3.73. The summed E-state index contributed by atoms with van der Waals surface area (Å²) in [7, 11) is 0. The van der Waals surface area contributed by atoms with Gasteiger partial charge in [-0.15, -0.1) is 0 Å². The Labute approximate surface area is 148 Å². The number of carbonyl (C=O) groups excluding carboxylic acids is 2. The Balaban J connectivity index is 2.21. The van der Waals surface area contributed by atoms with E-state index in [1.165, 1.54) is 30.3 Å². The molecule has 132 valence electrons. The van der Waals surface area contributed by atoms with Crippen molar-refractivity contribution in [2.24, 2.45) is 0 Å². The molecule has 0 saturated heterocycles. The fourth-order valence-electron chi connectivity index (χ4n) is 1.93. The lowest BCUT2D eigenvalue weighted by atomic mass is 10.1. The van der Waals surface area contributed by atoms with E-state index in [-0.39, 0.29) is 16.8 Å². The minimum atomic E-state index is -4.56. The fourth-order valence-corrected chi connectivity index (χ4v) is 2.35. The summed E-state index contributed by atoms with van der Waals surface area (Å²) in [5.41, 5.74) is -0.165. The second-order valence-corrected chi connectivity index (χ2v) is 5.78. The summed E-state index contributed by atoms with van der Waals surface area (Å²) in [6.07, 6.45) is -4.56. The van der Waals surface area contributed by atoms with Crippen molar-refractivity contribution < 1.29 is 27.2 Å². The molecule has 2 N–H and O–H groups in total. The van der Waals surface area contributed by atoms with Gasteiger partial charge in [-0.1, -0.05) is 12.1 Å². The molecule has 9 heteroatoms. The first-order valence-electron chi connectivity index (χ1n) is 6.88. The van der Waals surface area contributed by atoms with E-state index in [1.807, 2.05) is 0 Å². The lowest BCUT2D eigenvalue weighted by Crippen LogP contribution is -2.34. The van der Waals surface area contributed by atoms with Crippen LogP contribution in [0.1, 0.15) is 20.7 Å². The van der Waals surface area contributed by atoms with Crippen LogP contribution in [-0.4, -0.2) is 24.5 Å². The van der Waals surface area contributed by atoms with Gasteiger partial charge in [-0.05, 0) is 46.3 Å².